The third kappa shape index (κ3) is 4.36. The average molecular weight is 200 g/mol. The normalized spacial score (nSPS) is 13.0. The molecule has 0 radical (unpaired) electrons. The van der Waals surface area contributed by atoms with Crippen LogP contribution in [0.15, 0.2) is 16.8 Å². The summed E-state index contributed by atoms with van der Waals surface area (Å²) < 4.78 is 9.93. The van der Waals surface area contributed by atoms with Crippen molar-refractivity contribution >= 4 is 0 Å². The minimum atomic E-state index is -0.474. The van der Waals surface area contributed by atoms with Crippen LogP contribution in [0.4, 0.5) is 0 Å². The van der Waals surface area contributed by atoms with E-state index in [0.717, 1.165) is 5.76 Å². The van der Waals surface area contributed by atoms with E-state index in [0.29, 0.717) is 26.3 Å². The monoisotopic (exact) mass is 200 g/mol. The lowest BCUT2D eigenvalue weighted by Gasteiger charge is -2.10. The molecule has 0 aliphatic heterocycles. The molecule has 0 aromatic carbocycles. The van der Waals surface area contributed by atoms with Gasteiger partial charge in [0.15, 0.2) is 0 Å². The molecule has 0 aliphatic rings. The SMILES string of the molecule is CCOCC(O)CNCc1ccno1. The first kappa shape index (κ1) is 11.2. The highest BCUT2D eigenvalue weighted by atomic mass is 16.5. The third-order valence-corrected chi connectivity index (χ3v) is 1.68. The van der Waals surface area contributed by atoms with E-state index >= 15 is 0 Å². The Hall–Kier alpha value is -0.910. The molecule has 5 nitrogen and oxygen atoms in total. The highest BCUT2D eigenvalue weighted by molar-refractivity contribution is 4.91. The zero-order valence-corrected chi connectivity index (χ0v) is 8.27. The topological polar surface area (TPSA) is 67.5 Å². The van der Waals surface area contributed by atoms with Gasteiger partial charge in [-0.25, -0.2) is 0 Å². The van der Waals surface area contributed by atoms with E-state index in [9.17, 15) is 5.11 Å². The first-order valence-electron chi connectivity index (χ1n) is 4.69. The lowest BCUT2D eigenvalue weighted by Crippen LogP contribution is -2.29. The van der Waals surface area contributed by atoms with Gasteiger partial charge in [0.1, 0.15) is 5.76 Å². The van der Waals surface area contributed by atoms with Gasteiger partial charge in [-0.1, -0.05) is 5.16 Å². The van der Waals surface area contributed by atoms with Crippen molar-refractivity contribution in [1.82, 2.24) is 10.5 Å². The summed E-state index contributed by atoms with van der Waals surface area (Å²) in [5, 5.41) is 16.0. The number of nitrogens with one attached hydrogen (secondary N) is 1. The highest BCUT2D eigenvalue weighted by Crippen LogP contribution is 1.94. The van der Waals surface area contributed by atoms with Crippen LogP contribution in [0, 0.1) is 0 Å². The van der Waals surface area contributed by atoms with Gasteiger partial charge in [-0.2, -0.15) is 0 Å². The van der Waals surface area contributed by atoms with Crippen molar-refractivity contribution in [3.05, 3.63) is 18.0 Å². The molecule has 1 rings (SSSR count). The molecule has 0 bridgehead atoms. The highest BCUT2D eigenvalue weighted by Gasteiger charge is 2.03. The number of aliphatic hydroxyl groups excluding tert-OH is 1. The molecule has 1 aromatic heterocycles. The fourth-order valence-electron chi connectivity index (χ4n) is 1.01. The van der Waals surface area contributed by atoms with E-state index in [2.05, 4.69) is 10.5 Å². The Balaban J connectivity index is 2.03. The Bertz CT molecular complexity index is 226. The van der Waals surface area contributed by atoms with Gasteiger partial charge in [0, 0.05) is 19.2 Å². The first-order valence-corrected chi connectivity index (χ1v) is 4.69. The Morgan fingerprint density at radius 3 is 3.21 bits per heavy atom. The van der Waals surface area contributed by atoms with Gasteiger partial charge in [-0.15, -0.1) is 0 Å². The van der Waals surface area contributed by atoms with Crippen molar-refractivity contribution in [2.45, 2.75) is 19.6 Å². The fourth-order valence-corrected chi connectivity index (χ4v) is 1.01. The smallest absolute Gasteiger partial charge is 0.150 e. The first-order chi connectivity index (χ1) is 6.83. The molecular formula is C9H16N2O3. The number of aromatic nitrogens is 1. The van der Waals surface area contributed by atoms with Gasteiger partial charge in [0.25, 0.3) is 0 Å². The van der Waals surface area contributed by atoms with Crippen molar-refractivity contribution in [2.75, 3.05) is 19.8 Å². The van der Waals surface area contributed by atoms with Crippen LogP contribution in [0.3, 0.4) is 0 Å². The van der Waals surface area contributed by atoms with Crippen molar-refractivity contribution in [2.24, 2.45) is 0 Å². The van der Waals surface area contributed by atoms with Crippen LogP contribution in [0.1, 0.15) is 12.7 Å². The molecule has 0 amide bonds. The molecule has 1 aromatic rings. The Kier molecular flexibility index (Phi) is 5.21. The van der Waals surface area contributed by atoms with Crippen molar-refractivity contribution < 1.29 is 14.4 Å². The number of hydrogen-bond acceptors (Lipinski definition) is 5. The molecule has 0 saturated carbocycles. The maximum atomic E-state index is 9.38. The molecule has 0 spiro atoms. The van der Waals surface area contributed by atoms with Gasteiger partial charge in [0.2, 0.25) is 0 Å². The van der Waals surface area contributed by atoms with Gasteiger partial charge in [0.05, 0.1) is 25.5 Å². The van der Waals surface area contributed by atoms with E-state index < -0.39 is 6.10 Å². The van der Waals surface area contributed by atoms with E-state index in [1.807, 2.05) is 6.92 Å². The Labute approximate surface area is 83.0 Å². The van der Waals surface area contributed by atoms with Gasteiger partial charge < -0.3 is 19.7 Å². The standard InChI is InChI=1S/C9H16N2O3/c1-2-13-7-8(12)5-10-6-9-3-4-11-14-9/h3-4,8,10,12H,2,5-7H2,1H3. The largest absolute Gasteiger partial charge is 0.389 e. The minimum absolute atomic E-state index is 0.361. The summed E-state index contributed by atoms with van der Waals surface area (Å²) >= 11 is 0. The van der Waals surface area contributed by atoms with Gasteiger partial charge in [-0.05, 0) is 6.92 Å². The average Bonchev–Trinajstić information content (AvgIpc) is 2.67. The summed E-state index contributed by atoms with van der Waals surface area (Å²) in [5.41, 5.74) is 0. The van der Waals surface area contributed by atoms with E-state index in [-0.39, 0.29) is 0 Å². The fraction of sp³-hybridized carbons (Fsp3) is 0.667. The molecule has 0 fully saturated rings. The zero-order valence-electron chi connectivity index (χ0n) is 8.27. The molecule has 0 aliphatic carbocycles. The molecule has 0 saturated heterocycles. The number of ether oxygens (including phenoxy) is 1. The summed E-state index contributed by atoms with van der Waals surface area (Å²) in [6.07, 6.45) is 1.12. The second-order valence-electron chi connectivity index (χ2n) is 2.92. The Morgan fingerprint density at radius 1 is 1.71 bits per heavy atom. The number of nitrogens with zero attached hydrogens (tertiary/aromatic N) is 1. The second kappa shape index (κ2) is 6.53. The molecule has 14 heavy (non-hydrogen) atoms. The predicted octanol–water partition coefficient (Wildman–Crippen LogP) is 0.162. The van der Waals surface area contributed by atoms with Gasteiger partial charge in [-0.3, -0.25) is 0 Å². The number of rotatable bonds is 7. The van der Waals surface area contributed by atoms with Crippen molar-refractivity contribution in [3.63, 3.8) is 0 Å². The van der Waals surface area contributed by atoms with Crippen LogP contribution in [-0.2, 0) is 11.3 Å². The maximum Gasteiger partial charge on any atom is 0.150 e. The van der Waals surface area contributed by atoms with Crippen LogP contribution in [0.5, 0.6) is 0 Å². The second-order valence-corrected chi connectivity index (χ2v) is 2.92. The molecule has 1 heterocycles. The van der Waals surface area contributed by atoms with E-state index in [4.69, 9.17) is 9.26 Å². The summed E-state index contributed by atoms with van der Waals surface area (Å²) in [7, 11) is 0. The number of aliphatic hydroxyl groups is 1. The lowest BCUT2D eigenvalue weighted by molar-refractivity contribution is 0.0424. The quantitative estimate of drug-likeness (QED) is 0.656. The minimum Gasteiger partial charge on any atom is -0.389 e. The molecule has 2 N–H and O–H groups in total. The molecule has 80 valence electrons. The third-order valence-electron chi connectivity index (χ3n) is 1.68. The molecule has 1 unspecified atom stereocenters. The lowest BCUT2D eigenvalue weighted by atomic mass is 10.3. The van der Waals surface area contributed by atoms with E-state index in [1.54, 1.807) is 12.3 Å². The molecule has 5 heteroatoms. The Morgan fingerprint density at radius 2 is 2.57 bits per heavy atom. The van der Waals surface area contributed by atoms with E-state index in [1.165, 1.54) is 0 Å². The molecular weight excluding hydrogens is 184 g/mol. The predicted molar refractivity (Wildman–Crippen MR) is 50.7 cm³/mol. The maximum absolute atomic E-state index is 9.38. The van der Waals surface area contributed by atoms with Crippen LogP contribution < -0.4 is 5.32 Å². The number of hydrogen-bond donors (Lipinski definition) is 2. The summed E-state index contributed by atoms with van der Waals surface area (Å²) in [4.78, 5) is 0. The summed E-state index contributed by atoms with van der Waals surface area (Å²) in [5.74, 6) is 0.758. The molecule has 1 atom stereocenters. The van der Waals surface area contributed by atoms with Crippen LogP contribution >= 0.6 is 0 Å². The van der Waals surface area contributed by atoms with Crippen LogP contribution in [-0.4, -0.2) is 36.1 Å². The van der Waals surface area contributed by atoms with Crippen molar-refractivity contribution in [1.29, 1.82) is 0 Å². The van der Waals surface area contributed by atoms with Crippen LogP contribution in [0.25, 0.3) is 0 Å². The van der Waals surface area contributed by atoms with Crippen molar-refractivity contribution in [3.8, 4) is 0 Å². The van der Waals surface area contributed by atoms with Gasteiger partial charge >= 0.3 is 0 Å². The summed E-state index contributed by atoms with van der Waals surface area (Å²) in [6, 6.07) is 1.78. The van der Waals surface area contributed by atoms with Crippen LogP contribution in [0.2, 0.25) is 0 Å². The zero-order chi connectivity index (χ0) is 10.2. The summed E-state index contributed by atoms with van der Waals surface area (Å²) in [6.45, 7) is 3.94.